The summed E-state index contributed by atoms with van der Waals surface area (Å²) in [6, 6.07) is 9.49. The summed E-state index contributed by atoms with van der Waals surface area (Å²) in [5, 5.41) is 0. The molecule has 0 spiro atoms. The van der Waals surface area contributed by atoms with Crippen LogP contribution in [0.15, 0.2) is 30.3 Å². The molecule has 1 heterocycles. The van der Waals surface area contributed by atoms with Crippen LogP contribution in [0.2, 0.25) is 0 Å². The number of hydrogen-bond donors (Lipinski definition) is 1. The van der Waals surface area contributed by atoms with Gasteiger partial charge in [0.2, 0.25) is 0 Å². The summed E-state index contributed by atoms with van der Waals surface area (Å²) >= 11 is 0. The molecule has 2 rings (SSSR count). The Morgan fingerprint density at radius 2 is 2.06 bits per heavy atom. The zero-order valence-electron chi connectivity index (χ0n) is 10.2. The van der Waals surface area contributed by atoms with E-state index in [1.165, 1.54) is 19.4 Å². The highest BCUT2D eigenvalue weighted by molar-refractivity contribution is 5.35. The van der Waals surface area contributed by atoms with E-state index in [9.17, 15) is 0 Å². The highest BCUT2D eigenvalue weighted by Crippen LogP contribution is 2.15. The van der Waals surface area contributed by atoms with Crippen LogP contribution in [0.3, 0.4) is 0 Å². The first-order chi connectivity index (χ1) is 7.77. The standard InChI is InChI=1S/C7H15NO.C6H7N/c1-3-8-6-4-5-7(8)9-2;7-6-4-2-1-3-5-6/h7H,3-6H2,1-2H3;1-5H,7H2. The lowest BCUT2D eigenvalue weighted by Gasteiger charge is -2.20. The molecule has 3 nitrogen and oxygen atoms in total. The number of nitrogens with two attached hydrogens (primary N) is 1. The largest absolute Gasteiger partial charge is 0.399 e. The third-order valence-corrected chi connectivity index (χ3v) is 2.78. The molecule has 1 aromatic rings. The van der Waals surface area contributed by atoms with Gasteiger partial charge in [-0.15, -0.1) is 0 Å². The van der Waals surface area contributed by atoms with E-state index in [0.29, 0.717) is 6.23 Å². The van der Waals surface area contributed by atoms with Crippen molar-refractivity contribution in [1.82, 2.24) is 4.90 Å². The number of rotatable bonds is 2. The zero-order valence-corrected chi connectivity index (χ0v) is 10.2. The number of likely N-dealkylation sites (tertiary alicyclic amines) is 1. The van der Waals surface area contributed by atoms with E-state index in [1.807, 2.05) is 30.3 Å². The Morgan fingerprint density at radius 1 is 1.38 bits per heavy atom. The fraction of sp³-hybridized carbons (Fsp3) is 0.538. The first-order valence-corrected chi connectivity index (χ1v) is 5.85. The van der Waals surface area contributed by atoms with E-state index in [4.69, 9.17) is 10.5 Å². The fourth-order valence-electron chi connectivity index (χ4n) is 1.88. The van der Waals surface area contributed by atoms with Gasteiger partial charge in [0.15, 0.2) is 0 Å². The molecule has 0 amide bonds. The molecule has 2 N–H and O–H groups in total. The molecule has 1 aromatic carbocycles. The summed E-state index contributed by atoms with van der Waals surface area (Å²) < 4.78 is 5.24. The average molecular weight is 222 g/mol. The normalized spacial score (nSPS) is 20.2. The minimum absolute atomic E-state index is 0.412. The maximum Gasteiger partial charge on any atom is 0.110 e. The third kappa shape index (κ3) is 4.21. The number of ether oxygens (including phenoxy) is 1. The van der Waals surface area contributed by atoms with E-state index in [2.05, 4.69) is 11.8 Å². The lowest BCUT2D eigenvalue weighted by molar-refractivity contribution is -0.000704. The third-order valence-electron chi connectivity index (χ3n) is 2.78. The molecule has 1 saturated heterocycles. The Morgan fingerprint density at radius 3 is 2.44 bits per heavy atom. The lowest BCUT2D eigenvalue weighted by atomic mass is 10.3. The Balaban J connectivity index is 0.000000165. The molecule has 1 unspecified atom stereocenters. The van der Waals surface area contributed by atoms with Crippen LogP contribution in [-0.4, -0.2) is 31.3 Å². The smallest absolute Gasteiger partial charge is 0.110 e. The van der Waals surface area contributed by atoms with Crippen LogP contribution in [-0.2, 0) is 4.74 Å². The van der Waals surface area contributed by atoms with Gasteiger partial charge in [-0.25, -0.2) is 0 Å². The van der Waals surface area contributed by atoms with E-state index < -0.39 is 0 Å². The van der Waals surface area contributed by atoms with Crippen LogP contribution in [0.4, 0.5) is 5.69 Å². The van der Waals surface area contributed by atoms with Crippen molar-refractivity contribution in [1.29, 1.82) is 0 Å². The summed E-state index contributed by atoms with van der Waals surface area (Å²) in [6.45, 7) is 4.52. The molecule has 1 atom stereocenters. The van der Waals surface area contributed by atoms with Crippen LogP contribution in [0.25, 0.3) is 0 Å². The molecule has 0 aliphatic carbocycles. The molecule has 90 valence electrons. The molecule has 1 aliphatic rings. The average Bonchev–Trinajstić information content (AvgIpc) is 2.78. The van der Waals surface area contributed by atoms with E-state index in [-0.39, 0.29) is 0 Å². The van der Waals surface area contributed by atoms with Gasteiger partial charge in [0.25, 0.3) is 0 Å². The van der Waals surface area contributed by atoms with Crippen molar-refractivity contribution < 1.29 is 4.74 Å². The minimum Gasteiger partial charge on any atom is -0.399 e. The topological polar surface area (TPSA) is 38.5 Å². The van der Waals surface area contributed by atoms with Crippen molar-refractivity contribution in [2.75, 3.05) is 25.9 Å². The quantitative estimate of drug-likeness (QED) is 0.781. The van der Waals surface area contributed by atoms with Crippen LogP contribution < -0.4 is 5.73 Å². The van der Waals surface area contributed by atoms with Crippen molar-refractivity contribution in [3.8, 4) is 0 Å². The predicted octanol–water partition coefficient (Wildman–Crippen LogP) is 2.34. The van der Waals surface area contributed by atoms with Gasteiger partial charge in [-0.3, -0.25) is 4.90 Å². The van der Waals surface area contributed by atoms with Crippen LogP contribution in [0.1, 0.15) is 19.8 Å². The molecule has 1 aliphatic heterocycles. The highest BCUT2D eigenvalue weighted by atomic mass is 16.5. The fourth-order valence-corrected chi connectivity index (χ4v) is 1.88. The SMILES string of the molecule is CCN1CCCC1OC.Nc1ccccc1. The molecule has 1 fully saturated rings. The highest BCUT2D eigenvalue weighted by Gasteiger charge is 2.21. The molecule has 0 aromatic heterocycles. The van der Waals surface area contributed by atoms with Crippen LogP contribution in [0, 0.1) is 0 Å². The summed E-state index contributed by atoms with van der Waals surface area (Å²) in [7, 11) is 1.79. The lowest BCUT2D eigenvalue weighted by Crippen LogP contribution is -2.30. The van der Waals surface area contributed by atoms with E-state index >= 15 is 0 Å². The summed E-state index contributed by atoms with van der Waals surface area (Å²) in [5.74, 6) is 0. The first kappa shape index (κ1) is 13.0. The number of nitrogen functional groups attached to an aromatic ring is 1. The van der Waals surface area contributed by atoms with Gasteiger partial charge >= 0.3 is 0 Å². The molecule has 0 radical (unpaired) electrons. The van der Waals surface area contributed by atoms with Crippen molar-refractivity contribution in [2.24, 2.45) is 0 Å². The number of anilines is 1. The number of hydrogen-bond acceptors (Lipinski definition) is 3. The maximum absolute atomic E-state index is 5.36. The number of para-hydroxylation sites is 1. The van der Waals surface area contributed by atoms with Gasteiger partial charge in [0.05, 0.1) is 0 Å². The van der Waals surface area contributed by atoms with Crippen molar-refractivity contribution >= 4 is 5.69 Å². The summed E-state index contributed by atoms with van der Waals surface area (Å²) in [6.07, 6.45) is 2.92. The summed E-state index contributed by atoms with van der Waals surface area (Å²) in [4.78, 5) is 2.36. The zero-order chi connectivity index (χ0) is 11.8. The Labute approximate surface area is 98.2 Å². The molecule has 0 bridgehead atoms. The second kappa shape index (κ2) is 7.25. The van der Waals surface area contributed by atoms with Gasteiger partial charge in [-0.05, 0) is 31.5 Å². The van der Waals surface area contributed by atoms with Crippen molar-refractivity contribution in [2.45, 2.75) is 26.0 Å². The van der Waals surface area contributed by atoms with Gasteiger partial charge in [0, 0.05) is 19.3 Å². The monoisotopic (exact) mass is 222 g/mol. The minimum atomic E-state index is 0.412. The van der Waals surface area contributed by atoms with Gasteiger partial charge in [-0.1, -0.05) is 25.1 Å². The summed E-state index contributed by atoms with van der Waals surface area (Å²) in [5.41, 5.74) is 6.18. The second-order valence-corrected chi connectivity index (χ2v) is 3.87. The van der Waals surface area contributed by atoms with Gasteiger partial charge in [0.1, 0.15) is 6.23 Å². The predicted molar refractivity (Wildman–Crippen MR) is 68.1 cm³/mol. The Kier molecular flexibility index (Phi) is 5.90. The van der Waals surface area contributed by atoms with Gasteiger partial charge < -0.3 is 10.5 Å². The Hall–Kier alpha value is -1.06. The molecule has 16 heavy (non-hydrogen) atoms. The number of nitrogens with zero attached hydrogens (tertiary/aromatic N) is 1. The van der Waals surface area contributed by atoms with E-state index in [0.717, 1.165) is 12.2 Å². The Bertz CT molecular complexity index is 267. The first-order valence-electron chi connectivity index (χ1n) is 5.85. The second-order valence-electron chi connectivity index (χ2n) is 3.87. The van der Waals surface area contributed by atoms with Crippen LogP contribution in [0.5, 0.6) is 0 Å². The number of benzene rings is 1. The van der Waals surface area contributed by atoms with Crippen LogP contribution >= 0.6 is 0 Å². The van der Waals surface area contributed by atoms with Crippen molar-refractivity contribution in [3.05, 3.63) is 30.3 Å². The van der Waals surface area contributed by atoms with Crippen molar-refractivity contribution in [3.63, 3.8) is 0 Å². The van der Waals surface area contributed by atoms with Gasteiger partial charge in [-0.2, -0.15) is 0 Å². The van der Waals surface area contributed by atoms with E-state index in [1.54, 1.807) is 7.11 Å². The molecule has 3 heteroatoms. The molecular formula is C13H22N2O. The molecular weight excluding hydrogens is 200 g/mol. The molecule has 0 saturated carbocycles. The maximum atomic E-state index is 5.36. The number of methoxy groups -OCH3 is 1.